The Hall–Kier alpha value is -1.43. The molecule has 0 bridgehead atoms. The van der Waals surface area contributed by atoms with E-state index in [1.54, 1.807) is 0 Å². The number of hydrogen-bond acceptors (Lipinski definition) is 2. The van der Waals surface area contributed by atoms with Gasteiger partial charge in [-0.3, -0.25) is 9.59 Å². The van der Waals surface area contributed by atoms with Crippen molar-refractivity contribution in [2.24, 2.45) is 0 Å². The molecule has 1 N–H and O–H groups in total. The predicted molar refractivity (Wildman–Crippen MR) is 76.9 cm³/mol. The summed E-state index contributed by atoms with van der Waals surface area (Å²) in [5.41, 5.74) is 0.235. The Morgan fingerprint density at radius 3 is 2.70 bits per heavy atom. The molecule has 0 saturated carbocycles. The van der Waals surface area contributed by atoms with Crippen LogP contribution in [0.4, 0.5) is 4.39 Å². The summed E-state index contributed by atoms with van der Waals surface area (Å²) in [6.07, 6.45) is 2.38. The standard InChI is InChI=1S/C14H16BrFN2O2/c15-13-10(4-3-5-11(13)16)14(20)17-7-6-12(19)18-8-1-2-9-18/h3-5H,1-2,6-9H2,(H,17,20). The summed E-state index contributed by atoms with van der Waals surface area (Å²) in [6.45, 7) is 1.88. The van der Waals surface area contributed by atoms with Crippen LogP contribution in [0, 0.1) is 5.82 Å². The van der Waals surface area contributed by atoms with Gasteiger partial charge in [0.15, 0.2) is 0 Å². The minimum atomic E-state index is -0.481. The van der Waals surface area contributed by atoms with E-state index in [2.05, 4.69) is 21.2 Å². The van der Waals surface area contributed by atoms with Gasteiger partial charge in [0.2, 0.25) is 5.91 Å². The lowest BCUT2D eigenvalue weighted by Gasteiger charge is -2.15. The molecular formula is C14H16BrFN2O2. The van der Waals surface area contributed by atoms with E-state index in [9.17, 15) is 14.0 Å². The van der Waals surface area contributed by atoms with E-state index in [0.29, 0.717) is 0 Å². The lowest BCUT2D eigenvalue weighted by molar-refractivity contribution is -0.129. The van der Waals surface area contributed by atoms with Gasteiger partial charge in [-0.25, -0.2) is 4.39 Å². The van der Waals surface area contributed by atoms with Gasteiger partial charge >= 0.3 is 0 Å². The first-order chi connectivity index (χ1) is 9.59. The van der Waals surface area contributed by atoms with Crippen molar-refractivity contribution in [3.63, 3.8) is 0 Å². The lowest BCUT2D eigenvalue weighted by atomic mass is 10.2. The Morgan fingerprint density at radius 2 is 2.00 bits per heavy atom. The monoisotopic (exact) mass is 342 g/mol. The molecule has 0 spiro atoms. The minimum absolute atomic E-state index is 0.0566. The molecular weight excluding hydrogens is 327 g/mol. The maximum Gasteiger partial charge on any atom is 0.252 e. The highest BCUT2D eigenvalue weighted by Gasteiger charge is 2.18. The fraction of sp³-hybridized carbons (Fsp3) is 0.429. The van der Waals surface area contributed by atoms with Crippen LogP contribution < -0.4 is 5.32 Å². The molecule has 1 aliphatic rings. The second-order valence-corrected chi connectivity index (χ2v) is 5.49. The number of nitrogens with one attached hydrogen (secondary N) is 1. The van der Waals surface area contributed by atoms with Gasteiger partial charge in [0.25, 0.3) is 5.91 Å². The summed E-state index contributed by atoms with van der Waals surface area (Å²) < 4.78 is 13.4. The van der Waals surface area contributed by atoms with Crippen LogP contribution in [0.25, 0.3) is 0 Å². The van der Waals surface area contributed by atoms with Gasteiger partial charge < -0.3 is 10.2 Å². The van der Waals surface area contributed by atoms with Crippen molar-refractivity contribution in [3.05, 3.63) is 34.1 Å². The van der Waals surface area contributed by atoms with Gasteiger partial charge in [-0.2, -0.15) is 0 Å². The maximum absolute atomic E-state index is 13.3. The van der Waals surface area contributed by atoms with Crippen molar-refractivity contribution < 1.29 is 14.0 Å². The van der Waals surface area contributed by atoms with Gasteiger partial charge in [-0.05, 0) is 40.9 Å². The molecule has 0 unspecified atom stereocenters. The zero-order valence-corrected chi connectivity index (χ0v) is 12.6. The molecule has 0 aromatic heterocycles. The fourth-order valence-corrected chi connectivity index (χ4v) is 2.63. The van der Waals surface area contributed by atoms with Gasteiger partial charge in [0.1, 0.15) is 5.82 Å². The number of likely N-dealkylation sites (tertiary alicyclic amines) is 1. The maximum atomic E-state index is 13.3. The second-order valence-electron chi connectivity index (χ2n) is 4.70. The minimum Gasteiger partial charge on any atom is -0.351 e. The topological polar surface area (TPSA) is 49.4 Å². The molecule has 1 aromatic carbocycles. The summed E-state index contributed by atoms with van der Waals surface area (Å²) in [7, 11) is 0. The van der Waals surface area contributed by atoms with Crippen molar-refractivity contribution in [2.75, 3.05) is 19.6 Å². The molecule has 1 heterocycles. The van der Waals surface area contributed by atoms with Gasteiger partial charge in [0.05, 0.1) is 10.0 Å². The molecule has 0 atom stereocenters. The summed E-state index contributed by atoms with van der Waals surface area (Å²) in [4.78, 5) is 25.5. The third-order valence-electron chi connectivity index (χ3n) is 3.28. The van der Waals surface area contributed by atoms with E-state index in [4.69, 9.17) is 0 Å². The lowest BCUT2D eigenvalue weighted by Crippen LogP contribution is -2.32. The van der Waals surface area contributed by atoms with E-state index >= 15 is 0 Å². The molecule has 1 aromatic rings. The average Bonchev–Trinajstić information content (AvgIpc) is 2.95. The summed E-state index contributed by atoms with van der Waals surface area (Å²) in [6, 6.07) is 4.28. The molecule has 2 rings (SSSR count). The Kier molecular flexibility index (Phi) is 5.11. The molecule has 0 radical (unpaired) electrons. The number of benzene rings is 1. The normalized spacial score (nSPS) is 14.4. The van der Waals surface area contributed by atoms with Gasteiger partial charge in [-0.1, -0.05) is 6.07 Å². The van der Waals surface area contributed by atoms with Crippen molar-refractivity contribution in [1.82, 2.24) is 10.2 Å². The smallest absolute Gasteiger partial charge is 0.252 e. The first-order valence-corrected chi connectivity index (χ1v) is 7.39. The van der Waals surface area contributed by atoms with Crippen molar-refractivity contribution in [3.8, 4) is 0 Å². The van der Waals surface area contributed by atoms with Crippen molar-refractivity contribution in [1.29, 1.82) is 0 Å². The Balaban J connectivity index is 1.83. The number of hydrogen-bond donors (Lipinski definition) is 1. The van der Waals surface area contributed by atoms with Gasteiger partial charge in [-0.15, -0.1) is 0 Å². The second kappa shape index (κ2) is 6.83. The Morgan fingerprint density at radius 1 is 1.30 bits per heavy atom. The molecule has 6 heteroatoms. The number of halogens is 2. The van der Waals surface area contributed by atoms with Crippen LogP contribution in [0.1, 0.15) is 29.6 Å². The number of amides is 2. The number of carbonyl (C=O) groups is 2. The number of rotatable bonds is 4. The predicted octanol–water partition coefficient (Wildman–Crippen LogP) is 2.33. The fourth-order valence-electron chi connectivity index (χ4n) is 2.18. The zero-order chi connectivity index (χ0) is 14.5. The highest BCUT2D eigenvalue weighted by Crippen LogP contribution is 2.20. The molecule has 1 fully saturated rings. The van der Waals surface area contributed by atoms with Crippen LogP contribution in [-0.4, -0.2) is 36.3 Å². The van der Waals surface area contributed by atoms with E-state index in [1.165, 1.54) is 18.2 Å². The van der Waals surface area contributed by atoms with E-state index in [0.717, 1.165) is 25.9 Å². The van der Waals surface area contributed by atoms with Crippen molar-refractivity contribution >= 4 is 27.7 Å². The highest BCUT2D eigenvalue weighted by molar-refractivity contribution is 9.10. The largest absolute Gasteiger partial charge is 0.351 e. The van der Waals surface area contributed by atoms with Crippen LogP contribution in [0.2, 0.25) is 0 Å². The molecule has 20 heavy (non-hydrogen) atoms. The van der Waals surface area contributed by atoms with Crippen molar-refractivity contribution in [2.45, 2.75) is 19.3 Å². The molecule has 1 saturated heterocycles. The quantitative estimate of drug-likeness (QED) is 0.912. The first kappa shape index (κ1) is 15.0. The highest BCUT2D eigenvalue weighted by atomic mass is 79.9. The van der Waals surface area contributed by atoms with E-state index < -0.39 is 5.82 Å². The SMILES string of the molecule is O=C(NCCC(=O)N1CCCC1)c1cccc(F)c1Br. The Labute approximate surface area is 125 Å². The van der Waals surface area contributed by atoms with Gasteiger partial charge in [0, 0.05) is 26.1 Å². The van der Waals surface area contributed by atoms with Crippen LogP contribution in [0.15, 0.2) is 22.7 Å². The molecule has 2 amide bonds. The third kappa shape index (κ3) is 3.56. The molecule has 108 valence electrons. The van der Waals surface area contributed by atoms with E-state index in [1.807, 2.05) is 4.90 Å². The van der Waals surface area contributed by atoms with E-state index in [-0.39, 0.29) is 34.8 Å². The Bertz CT molecular complexity index is 516. The molecule has 0 aliphatic carbocycles. The van der Waals surface area contributed by atoms with Crippen LogP contribution in [0.3, 0.4) is 0 Å². The first-order valence-electron chi connectivity index (χ1n) is 6.59. The number of carbonyl (C=O) groups excluding carboxylic acids is 2. The zero-order valence-electron chi connectivity index (χ0n) is 11.0. The van der Waals surface area contributed by atoms with Crippen LogP contribution in [0.5, 0.6) is 0 Å². The van der Waals surface area contributed by atoms with Crippen LogP contribution in [-0.2, 0) is 4.79 Å². The summed E-state index contributed by atoms with van der Waals surface area (Å²) in [5, 5.41) is 2.64. The summed E-state index contributed by atoms with van der Waals surface area (Å²) in [5.74, 6) is -0.808. The number of nitrogens with zero attached hydrogens (tertiary/aromatic N) is 1. The molecule has 1 aliphatic heterocycles. The average molecular weight is 343 g/mol. The third-order valence-corrected chi connectivity index (χ3v) is 4.09. The van der Waals surface area contributed by atoms with Crippen LogP contribution >= 0.6 is 15.9 Å². The molecule has 4 nitrogen and oxygen atoms in total. The summed E-state index contributed by atoms with van der Waals surface area (Å²) >= 11 is 3.04.